The lowest BCUT2D eigenvalue weighted by Crippen LogP contribution is -2.27. The summed E-state index contributed by atoms with van der Waals surface area (Å²) in [6.07, 6.45) is 5.78. The quantitative estimate of drug-likeness (QED) is 0.719. The molecule has 1 fully saturated rings. The van der Waals surface area contributed by atoms with Gasteiger partial charge in [0.05, 0.1) is 0 Å². The number of aryl methyl sites for hydroxylation is 5. The molecule has 4 heterocycles. The molecule has 1 saturated heterocycles. The van der Waals surface area contributed by atoms with Crippen molar-refractivity contribution in [3.63, 3.8) is 0 Å². The van der Waals surface area contributed by atoms with Crippen molar-refractivity contribution in [1.82, 2.24) is 34.3 Å². The standard InChI is InChI=1S/C17H24N8/c1-11-10-18-13(3)25-16(11)19-14(21-25)7-8-15-20-17(22-23(15)4)24-9-5-6-12(24)2/h10,12H,5-9H2,1-4H3/t12-/m0/s1. The van der Waals surface area contributed by atoms with Gasteiger partial charge in [-0.25, -0.2) is 9.97 Å². The Morgan fingerprint density at radius 3 is 2.72 bits per heavy atom. The van der Waals surface area contributed by atoms with Crippen LogP contribution < -0.4 is 4.90 Å². The van der Waals surface area contributed by atoms with Gasteiger partial charge in [-0.15, -0.1) is 10.2 Å². The predicted molar refractivity (Wildman–Crippen MR) is 94.7 cm³/mol. The van der Waals surface area contributed by atoms with Crippen LogP contribution in [0.25, 0.3) is 5.65 Å². The zero-order valence-electron chi connectivity index (χ0n) is 15.3. The summed E-state index contributed by atoms with van der Waals surface area (Å²) >= 11 is 0. The van der Waals surface area contributed by atoms with Gasteiger partial charge < -0.3 is 4.90 Å². The van der Waals surface area contributed by atoms with Crippen LogP contribution in [0, 0.1) is 13.8 Å². The summed E-state index contributed by atoms with van der Waals surface area (Å²) in [4.78, 5) is 16.0. The van der Waals surface area contributed by atoms with Gasteiger partial charge in [-0.2, -0.15) is 9.50 Å². The Balaban J connectivity index is 1.53. The van der Waals surface area contributed by atoms with E-state index in [9.17, 15) is 0 Å². The molecule has 0 aliphatic carbocycles. The van der Waals surface area contributed by atoms with E-state index in [1.165, 1.54) is 12.8 Å². The molecular formula is C17H24N8. The molecule has 1 aliphatic rings. The van der Waals surface area contributed by atoms with Gasteiger partial charge >= 0.3 is 0 Å². The number of rotatable bonds is 4. The van der Waals surface area contributed by atoms with Crippen molar-refractivity contribution in [1.29, 1.82) is 0 Å². The minimum absolute atomic E-state index is 0.522. The Morgan fingerprint density at radius 1 is 1.16 bits per heavy atom. The molecule has 0 N–H and O–H groups in total. The van der Waals surface area contributed by atoms with Crippen molar-refractivity contribution < 1.29 is 0 Å². The molecule has 8 heteroatoms. The molecule has 1 aliphatic heterocycles. The molecule has 132 valence electrons. The monoisotopic (exact) mass is 340 g/mol. The maximum Gasteiger partial charge on any atom is 0.245 e. The first-order valence-corrected chi connectivity index (χ1v) is 8.87. The van der Waals surface area contributed by atoms with Gasteiger partial charge in [-0.1, -0.05) is 0 Å². The van der Waals surface area contributed by atoms with E-state index in [0.29, 0.717) is 6.04 Å². The zero-order chi connectivity index (χ0) is 17.6. The van der Waals surface area contributed by atoms with E-state index in [2.05, 4.69) is 32.0 Å². The van der Waals surface area contributed by atoms with Gasteiger partial charge in [0.2, 0.25) is 5.95 Å². The van der Waals surface area contributed by atoms with Crippen LogP contribution >= 0.6 is 0 Å². The Morgan fingerprint density at radius 2 is 2.00 bits per heavy atom. The fraction of sp³-hybridized carbons (Fsp3) is 0.588. The van der Waals surface area contributed by atoms with Crippen LogP contribution in [0.4, 0.5) is 5.95 Å². The van der Waals surface area contributed by atoms with E-state index in [0.717, 1.165) is 54.0 Å². The Hall–Kier alpha value is -2.51. The van der Waals surface area contributed by atoms with Crippen molar-refractivity contribution in [3.05, 3.63) is 29.2 Å². The summed E-state index contributed by atoms with van der Waals surface area (Å²) in [5, 5.41) is 9.19. The molecule has 0 aromatic carbocycles. The Labute approximate surface area is 146 Å². The lowest BCUT2D eigenvalue weighted by Gasteiger charge is -2.18. The van der Waals surface area contributed by atoms with Crippen LogP contribution in [0.15, 0.2) is 6.20 Å². The first-order chi connectivity index (χ1) is 12.0. The van der Waals surface area contributed by atoms with Crippen molar-refractivity contribution >= 4 is 11.6 Å². The smallest absolute Gasteiger partial charge is 0.245 e. The number of anilines is 1. The Bertz CT molecular complexity index is 870. The minimum atomic E-state index is 0.522. The number of nitrogens with zero attached hydrogens (tertiary/aromatic N) is 8. The molecule has 0 bridgehead atoms. The average molecular weight is 340 g/mol. The largest absolute Gasteiger partial charge is 0.337 e. The molecule has 4 rings (SSSR count). The summed E-state index contributed by atoms with van der Waals surface area (Å²) < 4.78 is 3.70. The summed E-state index contributed by atoms with van der Waals surface area (Å²) in [6.45, 7) is 7.23. The van der Waals surface area contributed by atoms with Crippen molar-refractivity contribution in [2.24, 2.45) is 7.05 Å². The molecule has 0 spiro atoms. The van der Waals surface area contributed by atoms with E-state index in [1.54, 1.807) is 0 Å². The summed E-state index contributed by atoms with van der Waals surface area (Å²) in [5.74, 6) is 3.49. The highest BCUT2D eigenvalue weighted by molar-refractivity contribution is 5.45. The summed E-state index contributed by atoms with van der Waals surface area (Å²) in [7, 11) is 1.96. The highest BCUT2D eigenvalue weighted by Gasteiger charge is 2.24. The number of hydrogen-bond donors (Lipinski definition) is 0. The van der Waals surface area contributed by atoms with Crippen molar-refractivity contribution in [3.8, 4) is 0 Å². The van der Waals surface area contributed by atoms with Gasteiger partial charge in [-0.3, -0.25) is 4.68 Å². The number of fused-ring (bicyclic) bond motifs is 1. The average Bonchev–Trinajstić information content (AvgIpc) is 3.28. The van der Waals surface area contributed by atoms with Gasteiger partial charge in [0.1, 0.15) is 11.6 Å². The molecule has 0 saturated carbocycles. The van der Waals surface area contributed by atoms with Crippen LogP contribution in [0.3, 0.4) is 0 Å². The third kappa shape index (κ3) is 2.85. The van der Waals surface area contributed by atoms with Crippen LogP contribution in [0.2, 0.25) is 0 Å². The molecule has 25 heavy (non-hydrogen) atoms. The second-order valence-electron chi connectivity index (χ2n) is 6.89. The summed E-state index contributed by atoms with van der Waals surface area (Å²) in [6, 6.07) is 0.522. The molecular weight excluding hydrogens is 316 g/mol. The van der Waals surface area contributed by atoms with Crippen LogP contribution in [0.1, 0.15) is 42.8 Å². The molecule has 0 unspecified atom stereocenters. The van der Waals surface area contributed by atoms with E-state index >= 15 is 0 Å². The SMILES string of the molecule is Cc1cnc(C)n2nc(CCc3nc(N4CCC[C@@H]4C)nn3C)nc12. The third-order valence-electron chi connectivity index (χ3n) is 4.98. The van der Waals surface area contributed by atoms with Gasteiger partial charge in [0.15, 0.2) is 11.5 Å². The molecule has 3 aromatic rings. The molecule has 8 nitrogen and oxygen atoms in total. The minimum Gasteiger partial charge on any atom is -0.337 e. The van der Waals surface area contributed by atoms with Crippen molar-refractivity contribution in [2.75, 3.05) is 11.4 Å². The van der Waals surface area contributed by atoms with Gasteiger partial charge in [0, 0.05) is 44.2 Å². The molecule has 3 aromatic heterocycles. The topological polar surface area (TPSA) is 77.0 Å². The van der Waals surface area contributed by atoms with E-state index < -0.39 is 0 Å². The number of hydrogen-bond acceptors (Lipinski definition) is 6. The molecule has 0 amide bonds. The lowest BCUT2D eigenvalue weighted by molar-refractivity contribution is 0.673. The van der Waals surface area contributed by atoms with E-state index in [-0.39, 0.29) is 0 Å². The van der Waals surface area contributed by atoms with Crippen LogP contribution in [-0.4, -0.2) is 46.9 Å². The fourth-order valence-electron chi connectivity index (χ4n) is 3.44. The third-order valence-corrected chi connectivity index (χ3v) is 4.98. The van der Waals surface area contributed by atoms with Gasteiger partial charge in [-0.05, 0) is 33.6 Å². The highest BCUT2D eigenvalue weighted by Crippen LogP contribution is 2.22. The zero-order valence-corrected chi connectivity index (χ0v) is 15.3. The van der Waals surface area contributed by atoms with Crippen molar-refractivity contribution in [2.45, 2.75) is 52.5 Å². The van der Waals surface area contributed by atoms with Gasteiger partial charge in [0.25, 0.3) is 0 Å². The van der Waals surface area contributed by atoms with Crippen LogP contribution in [0.5, 0.6) is 0 Å². The maximum atomic E-state index is 4.75. The maximum absolute atomic E-state index is 4.75. The molecule has 0 radical (unpaired) electrons. The Kier molecular flexibility index (Phi) is 3.89. The number of aromatic nitrogens is 7. The first kappa shape index (κ1) is 16.0. The highest BCUT2D eigenvalue weighted by atomic mass is 15.4. The predicted octanol–water partition coefficient (Wildman–Crippen LogP) is 1.64. The van der Waals surface area contributed by atoms with E-state index in [4.69, 9.17) is 4.98 Å². The lowest BCUT2D eigenvalue weighted by atomic mass is 10.2. The normalized spacial score (nSPS) is 17.8. The van der Waals surface area contributed by atoms with E-state index in [1.807, 2.05) is 36.3 Å². The van der Waals surface area contributed by atoms with Crippen LogP contribution in [-0.2, 0) is 19.9 Å². The fourth-order valence-corrected chi connectivity index (χ4v) is 3.44. The summed E-state index contributed by atoms with van der Waals surface area (Å²) in [5.41, 5.74) is 1.92. The second-order valence-corrected chi connectivity index (χ2v) is 6.89. The second kappa shape index (κ2) is 6.09. The molecule has 1 atom stereocenters. The first-order valence-electron chi connectivity index (χ1n) is 8.87.